The van der Waals surface area contributed by atoms with Crippen molar-refractivity contribution in [1.29, 1.82) is 0 Å². The molecule has 0 saturated carbocycles. The van der Waals surface area contributed by atoms with Crippen molar-refractivity contribution in [2.24, 2.45) is 5.73 Å². The lowest BCUT2D eigenvalue weighted by Gasteiger charge is -2.27. The van der Waals surface area contributed by atoms with Gasteiger partial charge in [-0.15, -0.1) is 0 Å². The molecule has 0 aliphatic carbocycles. The smallest absolute Gasteiger partial charge is 0.326 e. The number of hydrogen-bond acceptors (Lipinski definition) is 5. The number of carbonyl (C=O) groups excluding carboxylic acids is 2. The van der Waals surface area contributed by atoms with Crippen molar-refractivity contribution >= 4 is 17.8 Å². The molecule has 0 radical (unpaired) electrons. The standard InChI is InChI=1S/C14H21N5O4/c1-8(15)12(20)18-10(5-9-6-16-7-17-9)13(21)19-4-2-3-11(19)14(22)23/h6-8,10-11H,2-5,15H2,1H3,(H,16,17)(H,18,20)(H,22,23)/t8-,10-,11+/m0/s1. The molecule has 1 aromatic rings. The molecule has 1 aliphatic heterocycles. The summed E-state index contributed by atoms with van der Waals surface area (Å²) >= 11 is 0. The first-order valence-corrected chi connectivity index (χ1v) is 7.46. The lowest BCUT2D eigenvalue weighted by molar-refractivity contribution is -0.149. The zero-order valence-corrected chi connectivity index (χ0v) is 12.9. The van der Waals surface area contributed by atoms with Crippen molar-refractivity contribution in [3.8, 4) is 0 Å². The van der Waals surface area contributed by atoms with E-state index >= 15 is 0 Å². The number of nitrogens with zero attached hydrogens (tertiary/aromatic N) is 2. The summed E-state index contributed by atoms with van der Waals surface area (Å²) in [7, 11) is 0. The van der Waals surface area contributed by atoms with Gasteiger partial charge in [0.15, 0.2) is 0 Å². The van der Waals surface area contributed by atoms with Crippen LogP contribution in [0.1, 0.15) is 25.5 Å². The fraction of sp³-hybridized carbons (Fsp3) is 0.571. The molecular weight excluding hydrogens is 302 g/mol. The minimum Gasteiger partial charge on any atom is -0.480 e. The Labute approximate surface area is 133 Å². The highest BCUT2D eigenvalue weighted by Gasteiger charge is 2.37. The van der Waals surface area contributed by atoms with Gasteiger partial charge in [-0.25, -0.2) is 9.78 Å². The van der Waals surface area contributed by atoms with E-state index in [2.05, 4.69) is 15.3 Å². The molecule has 1 fully saturated rings. The molecule has 9 nitrogen and oxygen atoms in total. The molecule has 23 heavy (non-hydrogen) atoms. The molecule has 0 aromatic carbocycles. The summed E-state index contributed by atoms with van der Waals surface area (Å²) in [5, 5.41) is 11.8. The third-order valence-corrected chi connectivity index (χ3v) is 3.83. The van der Waals surface area contributed by atoms with E-state index in [-0.39, 0.29) is 6.42 Å². The van der Waals surface area contributed by atoms with Crippen LogP contribution in [0.15, 0.2) is 12.5 Å². The van der Waals surface area contributed by atoms with Gasteiger partial charge < -0.3 is 26.0 Å². The summed E-state index contributed by atoms with van der Waals surface area (Å²) in [6.45, 7) is 1.88. The molecule has 2 rings (SSSR count). The Balaban J connectivity index is 2.16. The molecule has 5 N–H and O–H groups in total. The van der Waals surface area contributed by atoms with Crippen molar-refractivity contribution in [3.05, 3.63) is 18.2 Å². The average Bonchev–Trinajstić information content (AvgIpc) is 3.16. The Hall–Kier alpha value is -2.42. The molecule has 9 heteroatoms. The summed E-state index contributed by atoms with van der Waals surface area (Å²) in [4.78, 5) is 43.9. The van der Waals surface area contributed by atoms with E-state index < -0.39 is 35.9 Å². The van der Waals surface area contributed by atoms with Crippen LogP contribution in [0.4, 0.5) is 0 Å². The number of likely N-dealkylation sites (tertiary alicyclic amines) is 1. The fourth-order valence-electron chi connectivity index (χ4n) is 2.61. The second-order valence-corrected chi connectivity index (χ2v) is 5.66. The van der Waals surface area contributed by atoms with E-state index in [1.165, 1.54) is 18.2 Å². The third-order valence-electron chi connectivity index (χ3n) is 3.83. The van der Waals surface area contributed by atoms with Crippen LogP contribution in [0.2, 0.25) is 0 Å². The van der Waals surface area contributed by atoms with Crippen LogP contribution in [-0.4, -0.2) is 62.4 Å². The lowest BCUT2D eigenvalue weighted by Crippen LogP contribution is -2.54. The van der Waals surface area contributed by atoms with Gasteiger partial charge >= 0.3 is 5.97 Å². The number of carboxylic acid groups (broad SMARTS) is 1. The fourth-order valence-corrected chi connectivity index (χ4v) is 2.61. The Kier molecular flexibility index (Phi) is 5.32. The van der Waals surface area contributed by atoms with Crippen LogP contribution < -0.4 is 11.1 Å². The first-order valence-electron chi connectivity index (χ1n) is 7.46. The summed E-state index contributed by atoms with van der Waals surface area (Å²) in [6, 6.07) is -2.49. The number of aromatic nitrogens is 2. The molecule has 2 heterocycles. The van der Waals surface area contributed by atoms with E-state index in [9.17, 15) is 19.5 Å². The van der Waals surface area contributed by atoms with Crippen LogP contribution >= 0.6 is 0 Å². The number of carboxylic acids is 1. The topological polar surface area (TPSA) is 141 Å². The predicted molar refractivity (Wildman–Crippen MR) is 80.2 cm³/mol. The van der Waals surface area contributed by atoms with Crippen LogP contribution in [0.25, 0.3) is 0 Å². The van der Waals surface area contributed by atoms with Crippen molar-refractivity contribution in [2.75, 3.05) is 6.54 Å². The van der Waals surface area contributed by atoms with Gasteiger partial charge in [-0.3, -0.25) is 9.59 Å². The van der Waals surface area contributed by atoms with Gasteiger partial charge in [0.2, 0.25) is 11.8 Å². The number of imidazole rings is 1. The van der Waals surface area contributed by atoms with E-state index in [0.717, 1.165) is 0 Å². The summed E-state index contributed by atoms with van der Waals surface area (Å²) in [5.41, 5.74) is 6.20. The molecule has 126 valence electrons. The highest BCUT2D eigenvalue weighted by molar-refractivity contribution is 5.92. The number of amides is 2. The molecule has 0 bridgehead atoms. The normalized spacial score (nSPS) is 20.1. The van der Waals surface area contributed by atoms with Gasteiger partial charge in [0, 0.05) is 24.9 Å². The number of carbonyl (C=O) groups is 3. The van der Waals surface area contributed by atoms with E-state index in [1.54, 1.807) is 6.20 Å². The maximum Gasteiger partial charge on any atom is 0.326 e. The Bertz CT molecular complexity index is 572. The lowest BCUT2D eigenvalue weighted by atomic mass is 10.1. The third kappa shape index (κ3) is 4.07. The van der Waals surface area contributed by atoms with E-state index in [0.29, 0.717) is 25.1 Å². The largest absolute Gasteiger partial charge is 0.480 e. The minimum atomic E-state index is -1.03. The van der Waals surface area contributed by atoms with Crippen LogP contribution in [0.5, 0.6) is 0 Å². The number of hydrogen-bond donors (Lipinski definition) is 4. The van der Waals surface area contributed by atoms with Gasteiger partial charge in [-0.05, 0) is 19.8 Å². The molecule has 0 spiro atoms. The molecular formula is C14H21N5O4. The molecule has 1 aromatic heterocycles. The van der Waals surface area contributed by atoms with E-state index in [4.69, 9.17) is 5.73 Å². The summed E-state index contributed by atoms with van der Waals surface area (Å²) < 4.78 is 0. The maximum atomic E-state index is 12.7. The number of rotatable bonds is 6. The highest BCUT2D eigenvalue weighted by Crippen LogP contribution is 2.19. The first-order chi connectivity index (χ1) is 10.9. The zero-order chi connectivity index (χ0) is 17.0. The molecule has 1 aliphatic rings. The van der Waals surface area contributed by atoms with Gasteiger partial charge in [0.25, 0.3) is 0 Å². The molecule has 2 amide bonds. The average molecular weight is 323 g/mol. The molecule has 3 atom stereocenters. The predicted octanol–water partition coefficient (Wildman–Crippen LogP) is -1.14. The van der Waals surface area contributed by atoms with Gasteiger partial charge in [0.05, 0.1) is 12.4 Å². The second kappa shape index (κ2) is 7.23. The van der Waals surface area contributed by atoms with Gasteiger partial charge in [-0.2, -0.15) is 0 Å². The summed E-state index contributed by atoms with van der Waals surface area (Å²) in [6.07, 6.45) is 4.26. The van der Waals surface area contributed by atoms with Gasteiger partial charge in [0.1, 0.15) is 12.1 Å². The van der Waals surface area contributed by atoms with Gasteiger partial charge in [-0.1, -0.05) is 0 Å². The Morgan fingerprint density at radius 2 is 2.30 bits per heavy atom. The maximum absolute atomic E-state index is 12.7. The van der Waals surface area contributed by atoms with Crippen molar-refractivity contribution in [1.82, 2.24) is 20.2 Å². The Morgan fingerprint density at radius 1 is 1.57 bits per heavy atom. The zero-order valence-electron chi connectivity index (χ0n) is 12.9. The van der Waals surface area contributed by atoms with Crippen molar-refractivity contribution < 1.29 is 19.5 Å². The van der Waals surface area contributed by atoms with Crippen molar-refractivity contribution in [2.45, 2.75) is 44.3 Å². The summed E-state index contributed by atoms with van der Waals surface area (Å²) in [5.74, 6) is -1.91. The Morgan fingerprint density at radius 3 is 2.87 bits per heavy atom. The van der Waals surface area contributed by atoms with Crippen molar-refractivity contribution in [3.63, 3.8) is 0 Å². The molecule has 0 unspecified atom stereocenters. The number of H-pyrrole nitrogens is 1. The SMILES string of the molecule is C[C@H](N)C(=O)N[C@@H](Cc1cnc[nH]1)C(=O)N1CCC[C@@H]1C(=O)O. The monoisotopic (exact) mass is 323 g/mol. The number of aromatic amines is 1. The number of nitrogens with two attached hydrogens (primary N) is 1. The van der Waals surface area contributed by atoms with Crippen LogP contribution in [-0.2, 0) is 20.8 Å². The number of aliphatic carboxylic acids is 1. The van der Waals surface area contributed by atoms with Crippen LogP contribution in [0.3, 0.4) is 0 Å². The number of nitrogens with one attached hydrogen (secondary N) is 2. The highest BCUT2D eigenvalue weighted by atomic mass is 16.4. The second-order valence-electron chi connectivity index (χ2n) is 5.66. The molecule has 1 saturated heterocycles. The first kappa shape index (κ1) is 16.9. The van der Waals surface area contributed by atoms with E-state index in [1.807, 2.05) is 0 Å². The minimum absolute atomic E-state index is 0.195. The quantitative estimate of drug-likeness (QED) is 0.521. The van der Waals surface area contributed by atoms with Crippen LogP contribution in [0, 0.1) is 0 Å².